The first kappa shape index (κ1) is 19.4. The summed E-state index contributed by atoms with van der Waals surface area (Å²) in [5.41, 5.74) is 3.31. The molecular weight excluding hydrogens is 386 g/mol. The highest BCUT2D eigenvalue weighted by molar-refractivity contribution is 8.00. The van der Waals surface area contributed by atoms with Crippen LogP contribution in [0.15, 0.2) is 53.7 Å². The second-order valence-corrected chi connectivity index (χ2v) is 8.12. The highest BCUT2D eigenvalue weighted by atomic mass is 32.2. The van der Waals surface area contributed by atoms with Crippen molar-refractivity contribution in [2.75, 3.05) is 13.2 Å². The molecule has 0 saturated heterocycles. The molecule has 2 heterocycles. The monoisotopic (exact) mass is 409 g/mol. The Bertz CT molecular complexity index is 1010. The Morgan fingerprint density at radius 1 is 1.17 bits per heavy atom. The first-order chi connectivity index (χ1) is 14.2. The molecule has 1 aliphatic rings. The van der Waals surface area contributed by atoms with E-state index in [-0.39, 0.29) is 11.2 Å². The van der Waals surface area contributed by atoms with Crippen molar-refractivity contribution in [2.45, 2.75) is 37.2 Å². The molecule has 0 radical (unpaired) electrons. The maximum atomic E-state index is 13.1. The van der Waals surface area contributed by atoms with Crippen LogP contribution in [-0.4, -0.2) is 49.4 Å². The normalized spacial score (nSPS) is 14.3. The quantitative estimate of drug-likeness (QED) is 0.583. The lowest BCUT2D eigenvalue weighted by molar-refractivity contribution is -0.131. The summed E-state index contributed by atoms with van der Waals surface area (Å²) in [6.07, 6.45) is 0.888. The second-order valence-electron chi connectivity index (χ2n) is 6.81. The first-order valence-electron chi connectivity index (χ1n) is 9.70. The predicted octanol–water partition coefficient (Wildman–Crippen LogP) is 3.13. The van der Waals surface area contributed by atoms with Gasteiger partial charge in [0.05, 0.1) is 11.9 Å². The van der Waals surface area contributed by atoms with Gasteiger partial charge in [-0.1, -0.05) is 48.2 Å². The summed E-state index contributed by atoms with van der Waals surface area (Å²) in [4.78, 5) is 15.0. The van der Waals surface area contributed by atoms with Crippen LogP contribution in [0.2, 0.25) is 0 Å². The zero-order chi connectivity index (χ0) is 20.2. The third-order valence-electron chi connectivity index (χ3n) is 4.91. The minimum atomic E-state index is -0.302. The van der Waals surface area contributed by atoms with E-state index >= 15 is 0 Å². The fraction of sp³-hybridized carbons (Fsp3) is 0.333. The fourth-order valence-electron chi connectivity index (χ4n) is 3.46. The van der Waals surface area contributed by atoms with E-state index in [1.54, 1.807) is 4.68 Å². The third-order valence-corrected chi connectivity index (χ3v) is 5.93. The van der Waals surface area contributed by atoms with Crippen LogP contribution in [0.5, 0.6) is 5.75 Å². The molecule has 1 atom stereocenters. The molecule has 0 bridgehead atoms. The summed E-state index contributed by atoms with van der Waals surface area (Å²) in [6, 6.07) is 15.9. The molecule has 0 N–H and O–H groups in total. The maximum Gasteiger partial charge on any atom is 0.236 e. The second kappa shape index (κ2) is 8.65. The Morgan fingerprint density at radius 3 is 2.76 bits per heavy atom. The molecule has 150 valence electrons. The summed E-state index contributed by atoms with van der Waals surface area (Å²) in [6.45, 7) is 5.77. The van der Waals surface area contributed by atoms with Crippen LogP contribution in [-0.2, 0) is 17.8 Å². The Kier molecular flexibility index (Phi) is 5.80. The zero-order valence-electron chi connectivity index (χ0n) is 16.5. The van der Waals surface area contributed by atoms with Crippen LogP contribution in [0.25, 0.3) is 5.69 Å². The molecule has 0 aliphatic carbocycles. The van der Waals surface area contributed by atoms with Gasteiger partial charge < -0.3 is 9.64 Å². The Labute approximate surface area is 174 Å². The van der Waals surface area contributed by atoms with Gasteiger partial charge in [-0.15, -0.1) is 5.10 Å². The molecule has 3 aromatic rings. The van der Waals surface area contributed by atoms with Gasteiger partial charge in [0.1, 0.15) is 11.4 Å². The maximum absolute atomic E-state index is 13.1. The van der Waals surface area contributed by atoms with Crippen molar-refractivity contribution in [2.24, 2.45) is 0 Å². The number of benzene rings is 2. The van der Waals surface area contributed by atoms with Crippen molar-refractivity contribution in [3.05, 3.63) is 59.7 Å². The van der Waals surface area contributed by atoms with E-state index in [0.29, 0.717) is 24.1 Å². The molecule has 1 aromatic heterocycles. The minimum absolute atomic E-state index is 0.0946. The van der Waals surface area contributed by atoms with E-state index in [1.165, 1.54) is 22.9 Å². The number of nitrogens with zero attached hydrogens (tertiary/aromatic N) is 5. The van der Waals surface area contributed by atoms with Gasteiger partial charge in [0, 0.05) is 13.1 Å². The number of hydrogen-bond acceptors (Lipinski definition) is 6. The SMILES string of the molecule is CCOc1ccccc1-n1nnnc1SC(C)C(=O)N1CCc2ccccc2C1. The number of tetrazole rings is 1. The van der Waals surface area contributed by atoms with Crippen molar-refractivity contribution in [1.82, 2.24) is 25.1 Å². The molecule has 2 aromatic carbocycles. The van der Waals surface area contributed by atoms with Gasteiger partial charge in [0.15, 0.2) is 0 Å². The van der Waals surface area contributed by atoms with Gasteiger partial charge in [-0.25, -0.2) is 0 Å². The predicted molar refractivity (Wildman–Crippen MR) is 111 cm³/mol. The van der Waals surface area contributed by atoms with Crippen molar-refractivity contribution >= 4 is 17.7 Å². The van der Waals surface area contributed by atoms with E-state index in [2.05, 4.69) is 33.7 Å². The van der Waals surface area contributed by atoms with E-state index < -0.39 is 0 Å². The van der Waals surface area contributed by atoms with E-state index in [9.17, 15) is 4.79 Å². The number of carbonyl (C=O) groups is 1. The number of fused-ring (bicyclic) bond motifs is 1. The molecular formula is C21H23N5O2S. The van der Waals surface area contributed by atoms with Crippen molar-refractivity contribution in [3.63, 3.8) is 0 Å². The molecule has 0 saturated carbocycles. The number of thioether (sulfide) groups is 1. The standard InChI is InChI=1S/C21H23N5O2S/c1-3-28-19-11-7-6-10-18(19)26-21(22-23-24-26)29-15(2)20(27)25-13-12-16-8-4-5-9-17(16)14-25/h4-11,15H,3,12-14H2,1-2H3. The number of para-hydroxylation sites is 2. The lowest BCUT2D eigenvalue weighted by Crippen LogP contribution is -2.40. The largest absolute Gasteiger partial charge is 0.492 e. The van der Waals surface area contributed by atoms with Gasteiger partial charge >= 0.3 is 0 Å². The van der Waals surface area contributed by atoms with Gasteiger partial charge in [0.25, 0.3) is 0 Å². The number of aromatic nitrogens is 4. The topological polar surface area (TPSA) is 73.1 Å². The van der Waals surface area contributed by atoms with Gasteiger partial charge in [-0.2, -0.15) is 4.68 Å². The molecule has 8 heteroatoms. The Hall–Kier alpha value is -2.87. The van der Waals surface area contributed by atoms with Crippen molar-refractivity contribution < 1.29 is 9.53 Å². The van der Waals surface area contributed by atoms with Crippen LogP contribution in [0.1, 0.15) is 25.0 Å². The number of carbonyl (C=O) groups excluding carboxylic acids is 1. The lowest BCUT2D eigenvalue weighted by Gasteiger charge is -2.30. The van der Waals surface area contributed by atoms with Crippen molar-refractivity contribution in [1.29, 1.82) is 0 Å². The number of ether oxygens (including phenoxy) is 1. The number of hydrogen-bond donors (Lipinski definition) is 0. The summed E-state index contributed by atoms with van der Waals surface area (Å²) in [5, 5.41) is 12.3. The molecule has 4 rings (SSSR count). The van der Waals surface area contributed by atoms with Gasteiger partial charge in [-0.05, 0) is 54.0 Å². The summed E-state index contributed by atoms with van der Waals surface area (Å²) in [7, 11) is 0. The fourth-order valence-corrected chi connectivity index (χ4v) is 4.35. The van der Waals surface area contributed by atoms with Crippen LogP contribution < -0.4 is 4.74 Å². The molecule has 0 fully saturated rings. The summed E-state index contributed by atoms with van der Waals surface area (Å²) >= 11 is 1.36. The smallest absolute Gasteiger partial charge is 0.236 e. The molecule has 1 amide bonds. The van der Waals surface area contributed by atoms with Gasteiger partial charge in [-0.3, -0.25) is 4.79 Å². The van der Waals surface area contributed by atoms with Crippen LogP contribution in [0.4, 0.5) is 0 Å². The number of rotatable bonds is 6. The Balaban J connectivity index is 1.50. The molecule has 0 spiro atoms. The summed E-state index contributed by atoms with van der Waals surface area (Å²) < 4.78 is 7.33. The van der Waals surface area contributed by atoms with Crippen LogP contribution in [0, 0.1) is 0 Å². The van der Waals surface area contributed by atoms with Crippen LogP contribution in [0.3, 0.4) is 0 Å². The molecule has 29 heavy (non-hydrogen) atoms. The molecule has 1 aliphatic heterocycles. The van der Waals surface area contributed by atoms with E-state index in [4.69, 9.17) is 4.74 Å². The van der Waals surface area contributed by atoms with Gasteiger partial charge in [0.2, 0.25) is 11.1 Å². The average Bonchev–Trinajstić information content (AvgIpc) is 3.21. The summed E-state index contributed by atoms with van der Waals surface area (Å²) in [5.74, 6) is 0.799. The van der Waals surface area contributed by atoms with E-state index in [0.717, 1.165) is 18.7 Å². The van der Waals surface area contributed by atoms with E-state index in [1.807, 2.05) is 49.1 Å². The number of amides is 1. The minimum Gasteiger partial charge on any atom is -0.492 e. The Morgan fingerprint density at radius 2 is 1.93 bits per heavy atom. The molecule has 7 nitrogen and oxygen atoms in total. The van der Waals surface area contributed by atoms with Crippen LogP contribution >= 0.6 is 11.8 Å². The third kappa shape index (κ3) is 4.12. The highest BCUT2D eigenvalue weighted by Gasteiger charge is 2.27. The average molecular weight is 410 g/mol. The van der Waals surface area contributed by atoms with Crippen molar-refractivity contribution in [3.8, 4) is 11.4 Å². The lowest BCUT2D eigenvalue weighted by atomic mass is 10.00. The zero-order valence-corrected chi connectivity index (χ0v) is 17.3. The first-order valence-corrected chi connectivity index (χ1v) is 10.6. The highest BCUT2D eigenvalue weighted by Crippen LogP contribution is 2.29. The molecule has 1 unspecified atom stereocenters.